The monoisotopic (exact) mass is 582 g/mol. The average Bonchev–Trinajstić information content (AvgIpc) is 3.62. The molecular formula is C33H46N2O7. The van der Waals surface area contributed by atoms with E-state index in [2.05, 4.69) is 18.7 Å². The van der Waals surface area contributed by atoms with E-state index in [4.69, 9.17) is 9.47 Å². The molecule has 9 nitrogen and oxygen atoms in total. The molecule has 2 heterocycles. The van der Waals surface area contributed by atoms with Crippen LogP contribution in [0.3, 0.4) is 0 Å². The van der Waals surface area contributed by atoms with Crippen LogP contribution in [0.25, 0.3) is 0 Å². The first kappa shape index (κ1) is 31.8. The van der Waals surface area contributed by atoms with Crippen LogP contribution in [0.15, 0.2) is 36.4 Å². The molecule has 0 radical (unpaired) electrons. The third-order valence-corrected chi connectivity index (χ3v) is 8.69. The molecule has 0 bridgehead atoms. The van der Waals surface area contributed by atoms with E-state index >= 15 is 0 Å². The third kappa shape index (κ3) is 7.43. The van der Waals surface area contributed by atoms with Gasteiger partial charge < -0.3 is 29.7 Å². The van der Waals surface area contributed by atoms with Crippen LogP contribution < -0.4 is 9.47 Å². The lowest BCUT2D eigenvalue weighted by molar-refractivity contribution is -0.143. The van der Waals surface area contributed by atoms with E-state index in [1.54, 1.807) is 0 Å². The van der Waals surface area contributed by atoms with Crippen molar-refractivity contribution in [3.05, 3.63) is 58.7 Å². The Hall–Kier alpha value is -3.14. The molecule has 0 aromatic heterocycles. The van der Waals surface area contributed by atoms with Crippen LogP contribution in [0.2, 0.25) is 0 Å². The maximum Gasteiger partial charge on any atom is 0.308 e. The maximum atomic E-state index is 13.6. The number of aliphatic hydroxyl groups is 2. The Morgan fingerprint density at radius 2 is 1.64 bits per heavy atom. The lowest BCUT2D eigenvalue weighted by Crippen LogP contribution is -2.44. The normalized spacial score (nSPS) is 19.8. The van der Waals surface area contributed by atoms with Gasteiger partial charge in [0.05, 0.1) is 25.7 Å². The molecule has 2 aliphatic heterocycles. The number of amides is 1. The van der Waals surface area contributed by atoms with Gasteiger partial charge in [0, 0.05) is 37.2 Å². The van der Waals surface area contributed by atoms with Crippen molar-refractivity contribution in [2.24, 2.45) is 5.92 Å². The van der Waals surface area contributed by atoms with Gasteiger partial charge in [-0.2, -0.15) is 0 Å². The summed E-state index contributed by atoms with van der Waals surface area (Å²) in [6.07, 6.45) is 5.90. The van der Waals surface area contributed by atoms with Crippen LogP contribution >= 0.6 is 0 Å². The third-order valence-electron chi connectivity index (χ3n) is 8.69. The van der Waals surface area contributed by atoms with Crippen molar-refractivity contribution >= 4 is 11.9 Å². The second-order valence-corrected chi connectivity index (χ2v) is 11.4. The summed E-state index contributed by atoms with van der Waals surface area (Å²) >= 11 is 0. The molecular weight excluding hydrogens is 536 g/mol. The number of fused-ring (bicyclic) bond motifs is 1. The second kappa shape index (κ2) is 15.4. The number of carbonyl (C=O) groups is 2. The Bertz CT molecular complexity index is 1190. The Morgan fingerprint density at radius 1 is 0.952 bits per heavy atom. The highest BCUT2D eigenvalue weighted by Crippen LogP contribution is 2.44. The number of nitrogens with zero attached hydrogens (tertiary/aromatic N) is 2. The van der Waals surface area contributed by atoms with E-state index in [9.17, 15) is 24.9 Å². The van der Waals surface area contributed by atoms with Crippen LogP contribution in [0.5, 0.6) is 11.5 Å². The number of likely N-dealkylation sites (tertiary alicyclic amines) is 1. The summed E-state index contributed by atoms with van der Waals surface area (Å²) in [6.45, 7) is 6.00. The summed E-state index contributed by atoms with van der Waals surface area (Å²) in [7, 11) is 0. The SMILES string of the molecule is CCCCN(CCCC)C(=O)CN1C[C@H](c2cc(CO)c3c(c2)OCO3)[C@@H](C(=O)O)[C@@H]1CCCc1ccccc1CO. The number of ether oxygens (including phenoxy) is 2. The van der Waals surface area contributed by atoms with E-state index in [1.807, 2.05) is 41.3 Å². The highest BCUT2D eigenvalue weighted by molar-refractivity contribution is 5.79. The number of unbranched alkanes of at least 4 members (excludes halogenated alkanes) is 2. The largest absolute Gasteiger partial charge is 0.481 e. The lowest BCUT2D eigenvalue weighted by Gasteiger charge is -2.30. The predicted molar refractivity (Wildman–Crippen MR) is 159 cm³/mol. The van der Waals surface area contributed by atoms with Crippen LogP contribution in [0, 0.1) is 5.92 Å². The molecule has 0 aliphatic carbocycles. The molecule has 3 atom stereocenters. The van der Waals surface area contributed by atoms with Crippen LogP contribution in [-0.2, 0) is 29.2 Å². The van der Waals surface area contributed by atoms with E-state index in [-0.39, 0.29) is 44.4 Å². The molecule has 4 rings (SSSR count). The molecule has 1 amide bonds. The highest BCUT2D eigenvalue weighted by atomic mass is 16.7. The van der Waals surface area contributed by atoms with Crippen molar-refractivity contribution in [1.82, 2.24) is 9.80 Å². The molecule has 0 spiro atoms. The van der Waals surface area contributed by atoms with Gasteiger partial charge in [0.15, 0.2) is 11.5 Å². The fourth-order valence-corrected chi connectivity index (χ4v) is 6.42. The Kier molecular flexibility index (Phi) is 11.6. The van der Waals surface area contributed by atoms with Gasteiger partial charge in [-0.25, -0.2) is 0 Å². The molecule has 0 unspecified atom stereocenters. The van der Waals surface area contributed by atoms with E-state index in [1.165, 1.54) is 0 Å². The number of carboxylic acid groups (broad SMARTS) is 1. The number of hydrogen-bond donors (Lipinski definition) is 3. The zero-order valence-corrected chi connectivity index (χ0v) is 25.0. The zero-order valence-electron chi connectivity index (χ0n) is 25.0. The minimum atomic E-state index is -0.896. The molecule has 1 saturated heterocycles. The molecule has 2 aromatic carbocycles. The smallest absolute Gasteiger partial charge is 0.308 e. The van der Waals surface area contributed by atoms with Gasteiger partial charge in [-0.05, 0) is 60.9 Å². The Balaban J connectivity index is 1.61. The maximum absolute atomic E-state index is 13.6. The van der Waals surface area contributed by atoms with Crippen molar-refractivity contribution in [3.63, 3.8) is 0 Å². The number of carbonyl (C=O) groups excluding carboxylic acids is 1. The van der Waals surface area contributed by atoms with Crippen molar-refractivity contribution in [2.75, 3.05) is 33.0 Å². The van der Waals surface area contributed by atoms with Crippen molar-refractivity contribution in [1.29, 1.82) is 0 Å². The summed E-state index contributed by atoms with van der Waals surface area (Å²) < 4.78 is 11.2. The summed E-state index contributed by atoms with van der Waals surface area (Å²) in [5.74, 6) is -0.966. The molecule has 3 N–H and O–H groups in total. The fourth-order valence-electron chi connectivity index (χ4n) is 6.42. The minimum absolute atomic E-state index is 0.0390. The quantitative estimate of drug-likeness (QED) is 0.268. The van der Waals surface area contributed by atoms with Crippen LogP contribution in [0.1, 0.15) is 80.5 Å². The van der Waals surface area contributed by atoms with Gasteiger partial charge in [-0.3, -0.25) is 14.5 Å². The first-order chi connectivity index (χ1) is 20.4. The second-order valence-electron chi connectivity index (χ2n) is 11.4. The van der Waals surface area contributed by atoms with Gasteiger partial charge in [-0.1, -0.05) is 51.0 Å². The summed E-state index contributed by atoms with van der Waals surface area (Å²) in [5.41, 5.74) is 3.27. The summed E-state index contributed by atoms with van der Waals surface area (Å²) in [4.78, 5) is 30.6. The first-order valence-corrected chi connectivity index (χ1v) is 15.4. The summed E-state index contributed by atoms with van der Waals surface area (Å²) in [6, 6.07) is 11.1. The van der Waals surface area contributed by atoms with Crippen molar-refractivity contribution < 1.29 is 34.4 Å². The number of rotatable bonds is 16. The van der Waals surface area contributed by atoms with Gasteiger partial charge >= 0.3 is 5.97 Å². The Morgan fingerprint density at radius 3 is 2.29 bits per heavy atom. The molecule has 2 aliphatic rings. The summed E-state index contributed by atoms with van der Waals surface area (Å²) in [5, 5.41) is 30.3. The molecule has 2 aromatic rings. The van der Waals surface area contributed by atoms with Crippen molar-refractivity contribution in [2.45, 2.75) is 84.0 Å². The van der Waals surface area contributed by atoms with Gasteiger partial charge in [0.25, 0.3) is 0 Å². The average molecular weight is 583 g/mol. The predicted octanol–water partition coefficient (Wildman–Crippen LogP) is 4.32. The van der Waals surface area contributed by atoms with Crippen LogP contribution in [-0.4, -0.2) is 76.0 Å². The Labute approximate surface area is 249 Å². The number of aryl methyl sites for hydroxylation is 1. The molecule has 42 heavy (non-hydrogen) atoms. The fraction of sp³-hybridized carbons (Fsp3) is 0.576. The lowest BCUT2D eigenvalue weighted by atomic mass is 9.82. The number of carboxylic acids is 1. The number of aliphatic carboxylic acids is 1. The highest BCUT2D eigenvalue weighted by Gasteiger charge is 2.47. The molecule has 230 valence electrons. The number of hydrogen-bond acceptors (Lipinski definition) is 7. The van der Waals surface area contributed by atoms with Gasteiger partial charge in [0.2, 0.25) is 12.7 Å². The minimum Gasteiger partial charge on any atom is -0.481 e. The van der Waals surface area contributed by atoms with E-state index in [0.717, 1.165) is 48.8 Å². The van der Waals surface area contributed by atoms with Gasteiger partial charge in [0.1, 0.15) is 0 Å². The standard InChI is InChI=1S/C33H46N2O7/c1-3-5-14-34(15-6-4-2)30(38)19-35-18-27(25-16-26(21-37)32-29(17-25)41-22-42-32)31(33(39)40)28(35)13-9-12-23-10-7-8-11-24(23)20-36/h7-8,10-11,16-17,27-28,31,36-37H,3-6,9,12-15,18-22H2,1-2H3,(H,39,40)/t27-,28+,31-/m1/s1. The van der Waals surface area contributed by atoms with E-state index < -0.39 is 11.9 Å². The van der Waals surface area contributed by atoms with Crippen LogP contribution in [0.4, 0.5) is 0 Å². The number of aliphatic hydroxyl groups excluding tert-OH is 2. The first-order valence-electron chi connectivity index (χ1n) is 15.4. The molecule has 9 heteroatoms. The molecule has 1 fully saturated rings. The number of benzene rings is 2. The van der Waals surface area contributed by atoms with Crippen molar-refractivity contribution in [3.8, 4) is 11.5 Å². The topological polar surface area (TPSA) is 120 Å². The van der Waals surface area contributed by atoms with Gasteiger partial charge in [-0.15, -0.1) is 0 Å². The van der Waals surface area contributed by atoms with E-state index in [0.29, 0.717) is 49.5 Å². The zero-order chi connectivity index (χ0) is 30.1. The molecule has 0 saturated carbocycles.